The van der Waals surface area contributed by atoms with E-state index in [1.54, 1.807) is 13.0 Å². The smallest absolute Gasteiger partial charge is 0.146 e. The Bertz CT molecular complexity index is 360. The van der Waals surface area contributed by atoms with Crippen molar-refractivity contribution in [3.05, 3.63) is 29.6 Å². The third kappa shape index (κ3) is 3.10. The molecule has 2 heteroatoms. The lowest BCUT2D eigenvalue weighted by molar-refractivity contribution is 0.629. The molecule has 1 nitrogen and oxygen atoms in total. The van der Waals surface area contributed by atoms with E-state index in [0.717, 1.165) is 12.0 Å². The molecule has 14 heavy (non-hydrogen) atoms. The zero-order chi connectivity index (χ0) is 10.4. The van der Waals surface area contributed by atoms with Crippen molar-refractivity contribution in [2.75, 3.05) is 11.9 Å². The van der Waals surface area contributed by atoms with Gasteiger partial charge in [-0.25, -0.2) is 4.39 Å². The standard InChI is InChI=1S/C12H14FN/c1-3-4-5-8-14-12-7-6-10(2)9-11(12)13/h6-7,9,14H,5,8H2,1-2H3. The minimum absolute atomic E-state index is 0.200. The first-order valence-electron chi connectivity index (χ1n) is 4.63. The Balaban J connectivity index is 2.53. The van der Waals surface area contributed by atoms with E-state index in [1.807, 2.05) is 13.0 Å². The van der Waals surface area contributed by atoms with Crippen molar-refractivity contribution in [2.24, 2.45) is 0 Å². The summed E-state index contributed by atoms with van der Waals surface area (Å²) in [5, 5.41) is 3.00. The van der Waals surface area contributed by atoms with Gasteiger partial charge in [0.1, 0.15) is 5.82 Å². The fraction of sp³-hybridized carbons (Fsp3) is 0.333. The molecule has 1 rings (SSSR count). The van der Waals surface area contributed by atoms with Crippen molar-refractivity contribution >= 4 is 5.69 Å². The number of hydrogen-bond acceptors (Lipinski definition) is 1. The zero-order valence-corrected chi connectivity index (χ0v) is 8.52. The van der Waals surface area contributed by atoms with Gasteiger partial charge in [0.2, 0.25) is 0 Å². The highest BCUT2D eigenvalue weighted by Crippen LogP contribution is 2.14. The van der Waals surface area contributed by atoms with Crippen LogP contribution in [0.5, 0.6) is 0 Å². The van der Waals surface area contributed by atoms with Crippen LogP contribution in [0.15, 0.2) is 18.2 Å². The van der Waals surface area contributed by atoms with Crippen LogP contribution in [0, 0.1) is 24.6 Å². The minimum Gasteiger partial charge on any atom is -0.382 e. The summed E-state index contributed by atoms with van der Waals surface area (Å²) in [5.74, 6) is 5.51. The summed E-state index contributed by atoms with van der Waals surface area (Å²) in [6.07, 6.45) is 0.740. The average molecular weight is 191 g/mol. The largest absolute Gasteiger partial charge is 0.382 e. The van der Waals surface area contributed by atoms with Gasteiger partial charge in [0.05, 0.1) is 5.69 Å². The van der Waals surface area contributed by atoms with Crippen LogP contribution >= 0.6 is 0 Å². The topological polar surface area (TPSA) is 12.0 Å². The molecule has 0 bridgehead atoms. The fourth-order valence-electron chi connectivity index (χ4n) is 1.15. The first kappa shape index (κ1) is 10.6. The summed E-state index contributed by atoms with van der Waals surface area (Å²) in [5.41, 5.74) is 1.48. The van der Waals surface area contributed by atoms with Crippen LogP contribution in [0.3, 0.4) is 0 Å². The van der Waals surface area contributed by atoms with Gasteiger partial charge in [0, 0.05) is 13.0 Å². The molecule has 0 saturated heterocycles. The Labute approximate surface area is 84.3 Å². The summed E-state index contributed by atoms with van der Waals surface area (Å²) in [6.45, 7) is 4.35. The molecule has 0 spiro atoms. The normalized spacial score (nSPS) is 9.07. The van der Waals surface area contributed by atoms with Gasteiger partial charge in [-0.2, -0.15) is 0 Å². The maximum atomic E-state index is 13.3. The van der Waals surface area contributed by atoms with E-state index in [4.69, 9.17) is 0 Å². The van der Waals surface area contributed by atoms with Crippen LogP contribution in [0.4, 0.5) is 10.1 Å². The number of aryl methyl sites for hydroxylation is 1. The molecule has 0 fully saturated rings. The first-order chi connectivity index (χ1) is 6.74. The van der Waals surface area contributed by atoms with E-state index in [0.29, 0.717) is 12.2 Å². The van der Waals surface area contributed by atoms with Crippen LogP contribution in [-0.2, 0) is 0 Å². The molecule has 0 unspecified atom stereocenters. The van der Waals surface area contributed by atoms with Gasteiger partial charge in [-0.05, 0) is 31.5 Å². The SMILES string of the molecule is CC#CCCNc1ccc(C)cc1F. The Kier molecular flexibility index (Phi) is 4.00. The lowest BCUT2D eigenvalue weighted by Crippen LogP contribution is -2.02. The summed E-state index contributed by atoms with van der Waals surface area (Å²) < 4.78 is 13.3. The molecule has 1 N–H and O–H groups in total. The van der Waals surface area contributed by atoms with Gasteiger partial charge < -0.3 is 5.32 Å². The molecule has 0 aliphatic rings. The van der Waals surface area contributed by atoms with Gasteiger partial charge in [-0.1, -0.05) is 6.07 Å². The second-order valence-electron chi connectivity index (χ2n) is 3.09. The van der Waals surface area contributed by atoms with Crippen LogP contribution in [0.1, 0.15) is 18.9 Å². The van der Waals surface area contributed by atoms with Crippen molar-refractivity contribution in [3.8, 4) is 11.8 Å². The predicted molar refractivity (Wildman–Crippen MR) is 57.7 cm³/mol. The number of hydrogen-bond donors (Lipinski definition) is 1. The Morgan fingerprint density at radius 3 is 2.86 bits per heavy atom. The molecule has 0 atom stereocenters. The summed E-state index contributed by atoms with van der Waals surface area (Å²) in [7, 11) is 0. The van der Waals surface area contributed by atoms with Gasteiger partial charge >= 0.3 is 0 Å². The highest BCUT2D eigenvalue weighted by molar-refractivity contribution is 5.46. The molecule has 0 amide bonds. The van der Waals surface area contributed by atoms with E-state index < -0.39 is 0 Å². The van der Waals surface area contributed by atoms with Crippen molar-refractivity contribution in [1.29, 1.82) is 0 Å². The second kappa shape index (κ2) is 5.29. The molecular formula is C12H14FN. The zero-order valence-electron chi connectivity index (χ0n) is 8.52. The summed E-state index contributed by atoms with van der Waals surface area (Å²) in [4.78, 5) is 0. The average Bonchev–Trinajstić information content (AvgIpc) is 2.15. The summed E-state index contributed by atoms with van der Waals surface area (Å²) >= 11 is 0. The molecule has 0 aromatic heterocycles. The maximum Gasteiger partial charge on any atom is 0.146 e. The van der Waals surface area contributed by atoms with E-state index in [2.05, 4.69) is 17.2 Å². The molecule has 0 aliphatic carbocycles. The van der Waals surface area contributed by atoms with E-state index in [1.165, 1.54) is 6.07 Å². The molecular weight excluding hydrogens is 177 g/mol. The monoisotopic (exact) mass is 191 g/mol. The van der Waals surface area contributed by atoms with Crippen LogP contribution in [0.2, 0.25) is 0 Å². The second-order valence-corrected chi connectivity index (χ2v) is 3.09. The van der Waals surface area contributed by atoms with Crippen LogP contribution in [-0.4, -0.2) is 6.54 Å². The number of benzene rings is 1. The maximum absolute atomic E-state index is 13.3. The Morgan fingerprint density at radius 2 is 2.21 bits per heavy atom. The van der Waals surface area contributed by atoms with E-state index >= 15 is 0 Å². The number of nitrogens with one attached hydrogen (secondary N) is 1. The lowest BCUT2D eigenvalue weighted by atomic mass is 10.2. The molecule has 0 heterocycles. The van der Waals surface area contributed by atoms with Gasteiger partial charge in [0.15, 0.2) is 0 Å². The van der Waals surface area contributed by atoms with E-state index in [9.17, 15) is 4.39 Å². The van der Waals surface area contributed by atoms with Gasteiger partial charge in [0.25, 0.3) is 0 Å². The third-order valence-corrected chi connectivity index (χ3v) is 1.87. The quantitative estimate of drug-likeness (QED) is 0.572. The molecule has 0 aliphatic heterocycles. The first-order valence-corrected chi connectivity index (χ1v) is 4.63. The van der Waals surface area contributed by atoms with Crippen molar-refractivity contribution in [3.63, 3.8) is 0 Å². The molecule has 74 valence electrons. The van der Waals surface area contributed by atoms with Crippen molar-refractivity contribution in [2.45, 2.75) is 20.3 Å². The Hall–Kier alpha value is -1.49. The fourth-order valence-corrected chi connectivity index (χ4v) is 1.15. The third-order valence-electron chi connectivity index (χ3n) is 1.87. The summed E-state index contributed by atoms with van der Waals surface area (Å²) in [6, 6.07) is 5.16. The van der Waals surface area contributed by atoms with E-state index in [-0.39, 0.29) is 5.82 Å². The molecule has 0 radical (unpaired) electrons. The van der Waals surface area contributed by atoms with Crippen LogP contribution in [0.25, 0.3) is 0 Å². The van der Waals surface area contributed by atoms with Gasteiger partial charge in [-0.15, -0.1) is 11.8 Å². The highest BCUT2D eigenvalue weighted by Gasteiger charge is 1.99. The lowest BCUT2D eigenvalue weighted by Gasteiger charge is -2.05. The number of anilines is 1. The minimum atomic E-state index is -0.200. The number of halogens is 1. The molecule has 1 aromatic carbocycles. The van der Waals surface area contributed by atoms with Crippen LogP contribution < -0.4 is 5.32 Å². The number of rotatable bonds is 3. The van der Waals surface area contributed by atoms with Crippen molar-refractivity contribution in [1.82, 2.24) is 0 Å². The highest BCUT2D eigenvalue weighted by atomic mass is 19.1. The van der Waals surface area contributed by atoms with Crippen molar-refractivity contribution < 1.29 is 4.39 Å². The Morgan fingerprint density at radius 1 is 1.43 bits per heavy atom. The van der Waals surface area contributed by atoms with Gasteiger partial charge in [-0.3, -0.25) is 0 Å². The predicted octanol–water partition coefficient (Wildman–Crippen LogP) is 2.96. The molecule has 0 saturated carbocycles. The molecule has 1 aromatic rings.